The molecule has 6 heteroatoms. The minimum absolute atomic E-state index is 0.129. The van der Waals surface area contributed by atoms with Crippen LogP contribution in [0.3, 0.4) is 0 Å². The van der Waals surface area contributed by atoms with Gasteiger partial charge in [-0.2, -0.15) is 0 Å². The molecular formula is C13H11Cl2NO3. The Morgan fingerprint density at radius 2 is 1.89 bits per heavy atom. The second-order valence-corrected chi connectivity index (χ2v) is 4.55. The SMILES string of the molecule is O=C(NCCO)c1ccc(-c2c(Cl)cccc2Cl)o1. The number of rotatable bonds is 4. The number of aliphatic hydroxyl groups excluding tert-OH is 1. The van der Waals surface area contributed by atoms with Gasteiger partial charge in [0.05, 0.1) is 22.2 Å². The van der Waals surface area contributed by atoms with Crippen molar-refractivity contribution in [3.05, 3.63) is 46.1 Å². The van der Waals surface area contributed by atoms with E-state index in [4.69, 9.17) is 32.7 Å². The lowest BCUT2D eigenvalue weighted by atomic mass is 10.2. The average Bonchev–Trinajstić information content (AvgIpc) is 2.85. The molecule has 0 aliphatic carbocycles. The Morgan fingerprint density at radius 1 is 1.21 bits per heavy atom. The van der Waals surface area contributed by atoms with Crippen LogP contribution >= 0.6 is 23.2 Å². The number of hydrogen-bond donors (Lipinski definition) is 2. The largest absolute Gasteiger partial charge is 0.451 e. The predicted octanol–water partition coefficient (Wildman–Crippen LogP) is 2.98. The molecule has 0 unspecified atom stereocenters. The molecule has 0 aliphatic rings. The summed E-state index contributed by atoms with van der Waals surface area (Å²) in [5.74, 6) is 0.160. The number of carbonyl (C=O) groups excluding carboxylic acids is 1. The third kappa shape index (κ3) is 3.10. The van der Waals surface area contributed by atoms with Gasteiger partial charge in [-0.25, -0.2) is 0 Å². The second kappa shape index (κ2) is 6.10. The monoisotopic (exact) mass is 299 g/mol. The van der Waals surface area contributed by atoms with Gasteiger partial charge in [-0.05, 0) is 24.3 Å². The fourth-order valence-corrected chi connectivity index (χ4v) is 2.17. The van der Waals surface area contributed by atoms with Crippen LogP contribution in [0.5, 0.6) is 0 Å². The van der Waals surface area contributed by atoms with E-state index in [1.165, 1.54) is 6.07 Å². The Labute approximate surface area is 119 Å². The summed E-state index contributed by atoms with van der Waals surface area (Å²) < 4.78 is 5.43. The van der Waals surface area contributed by atoms with Crippen molar-refractivity contribution in [1.29, 1.82) is 0 Å². The standard InChI is InChI=1S/C13H11Cl2NO3/c14-8-2-1-3-9(15)12(8)10-4-5-11(19-10)13(18)16-6-7-17/h1-5,17H,6-7H2,(H,16,18). The van der Waals surface area contributed by atoms with Crippen LogP contribution in [0.2, 0.25) is 10.0 Å². The van der Waals surface area contributed by atoms with E-state index in [0.717, 1.165) is 0 Å². The van der Waals surface area contributed by atoms with Crippen LogP contribution in [-0.2, 0) is 0 Å². The molecule has 100 valence electrons. The molecule has 0 saturated carbocycles. The number of hydrogen-bond acceptors (Lipinski definition) is 3. The molecule has 1 aromatic heterocycles. The molecule has 0 bridgehead atoms. The summed E-state index contributed by atoms with van der Waals surface area (Å²) in [6.07, 6.45) is 0. The number of benzene rings is 1. The minimum atomic E-state index is -0.400. The molecule has 0 spiro atoms. The van der Waals surface area contributed by atoms with Crippen molar-refractivity contribution in [1.82, 2.24) is 5.32 Å². The minimum Gasteiger partial charge on any atom is -0.451 e. The van der Waals surface area contributed by atoms with Gasteiger partial charge in [-0.15, -0.1) is 0 Å². The van der Waals surface area contributed by atoms with Crippen molar-refractivity contribution in [3.8, 4) is 11.3 Å². The van der Waals surface area contributed by atoms with Gasteiger partial charge < -0.3 is 14.8 Å². The highest BCUT2D eigenvalue weighted by Gasteiger charge is 2.15. The molecule has 0 atom stereocenters. The third-order valence-corrected chi connectivity index (χ3v) is 3.07. The Morgan fingerprint density at radius 3 is 2.53 bits per heavy atom. The fraction of sp³-hybridized carbons (Fsp3) is 0.154. The normalized spacial score (nSPS) is 10.5. The molecule has 1 amide bonds. The maximum Gasteiger partial charge on any atom is 0.287 e. The second-order valence-electron chi connectivity index (χ2n) is 3.74. The fourth-order valence-electron chi connectivity index (χ4n) is 1.58. The van der Waals surface area contributed by atoms with Crippen molar-refractivity contribution in [2.24, 2.45) is 0 Å². The lowest BCUT2D eigenvalue weighted by Crippen LogP contribution is -2.25. The molecular weight excluding hydrogens is 289 g/mol. The zero-order valence-electron chi connectivity index (χ0n) is 9.82. The van der Waals surface area contributed by atoms with E-state index in [1.54, 1.807) is 24.3 Å². The Bertz CT molecular complexity index is 575. The van der Waals surface area contributed by atoms with E-state index in [-0.39, 0.29) is 18.9 Å². The summed E-state index contributed by atoms with van der Waals surface area (Å²) in [5.41, 5.74) is 0.548. The number of carbonyl (C=O) groups is 1. The van der Waals surface area contributed by atoms with Gasteiger partial charge in [-0.1, -0.05) is 29.3 Å². The van der Waals surface area contributed by atoms with Gasteiger partial charge >= 0.3 is 0 Å². The van der Waals surface area contributed by atoms with Crippen LogP contribution in [0.15, 0.2) is 34.7 Å². The molecule has 19 heavy (non-hydrogen) atoms. The molecule has 0 saturated heterocycles. The van der Waals surface area contributed by atoms with E-state index in [9.17, 15) is 4.79 Å². The van der Waals surface area contributed by atoms with E-state index >= 15 is 0 Å². The number of furan rings is 1. The van der Waals surface area contributed by atoms with Crippen LogP contribution in [0.1, 0.15) is 10.6 Å². The van der Waals surface area contributed by atoms with E-state index in [0.29, 0.717) is 21.4 Å². The average molecular weight is 300 g/mol. The maximum atomic E-state index is 11.6. The lowest BCUT2D eigenvalue weighted by molar-refractivity contribution is 0.0918. The Hall–Kier alpha value is -1.49. The maximum absolute atomic E-state index is 11.6. The highest BCUT2D eigenvalue weighted by molar-refractivity contribution is 6.39. The Kier molecular flexibility index (Phi) is 4.47. The first-order chi connectivity index (χ1) is 9.13. The van der Waals surface area contributed by atoms with Crippen LogP contribution in [-0.4, -0.2) is 24.2 Å². The van der Waals surface area contributed by atoms with Gasteiger partial charge in [0.2, 0.25) is 0 Å². The summed E-state index contributed by atoms with van der Waals surface area (Å²) in [5, 5.41) is 12.0. The molecule has 1 heterocycles. The first-order valence-electron chi connectivity index (χ1n) is 5.56. The Balaban J connectivity index is 2.28. The molecule has 4 nitrogen and oxygen atoms in total. The number of amides is 1. The number of halogens is 2. The van der Waals surface area contributed by atoms with Crippen LogP contribution in [0.25, 0.3) is 11.3 Å². The molecule has 0 aliphatic heterocycles. The van der Waals surface area contributed by atoms with E-state index in [1.807, 2.05) is 0 Å². The molecule has 2 aromatic rings. The molecule has 2 rings (SSSR count). The molecule has 0 fully saturated rings. The molecule has 0 radical (unpaired) electrons. The topological polar surface area (TPSA) is 62.5 Å². The molecule has 2 N–H and O–H groups in total. The van der Waals surface area contributed by atoms with E-state index < -0.39 is 5.91 Å². The van der Waals surface area contributed by atoms with Crippen LogP contribution in [0.4, 0.5) is 0 Å². The van der Waals surface area contributed by atoms with Crippen LogP contribution in [0, 0.1) is 0 Å². The smallest absolute Gasteiger partial charge is 0.287 e. The van der Waals surface area contributed by atoms with Crippen molar-refractivity contribution in [2.45, 2.75) is 0 Å². The molecule has 1 aromatic carbocycles. The van der Waals surface area contributed by atoms with Crippen LogP contribution < -0.4 is 5.32 Å². The summed E-state index contributed by atoms with van der Waals surface area (Å²) >= 11 is 12.1. The highest BCUT2D eigenvalue weighted by Crippen LogP contribution is 2.35. The lowest BCUT2D eigenvalue weighted by Gasteiger charge is -2.03. The summed E-state index contributed by atoms with van der Waals surface area (Å²) in [4.78, 5) is 11.6. The predicted molar refractivity (Wildman–Crippen MR) is 73.6 cm³/mol. The van der Waals surface area contributed by atoms with Crippen molar-refractivity contribution in [3.63, 3.8) is 0 Å². The number of aliphatic hydroxyl groups is 1. The first kappa shape index (κ1) is 13.9. The first-order valence-corrected chi connectivity index (χ1v) is 6.32. The van der Waals surface area contributed by atoms with E-state index in [2.05, 4.69) is 5.32 Å². The van der Waals surface area contributed by atoms with Crippen molar-refractivity contribution < 1.29 is 14.3 Å². The summed E-state index contributed by atoms with van der Waals surface area (Å²) in [7, 11) is 0. The van der Waals surface area contributed by atoms with Crippen molar-refractivity contribution >= 4 is 29.1 Å². The quantitative estimate of drug-likeness (QED) is 0.912. The van der Waals surface area contributed by atoms with Gasteiger partial charge in [0.1, 0.15) is 5.76 Å². The van der Waals surface area contributed by atoms with Gasteiger partial charge in [0.25, 0.3) is 5.91 Å². The summed E-state index contributed by atoms with van der Waals surface area (Å²) in [6.45, 7) is 0.0391. The van der Waals surface area contributed by atoms with Gasteiger partial charge in [0, 0.05) is 6.54 Å². The van der Waals surface area contributed by atoms with Gasteiger partial charge in [-0.3, -0.25) is 4.79 Å². The zero-order chi connectivity index (χ0) is 13.8. The number of nitrogens with one attached hydrogen (secondary N) is 1. The third-order valence-electron chi connectivity index (χ3n) is 2.44. The highest BCUT2D eigenvalue weighted by atomic mass is 35.5. The van der Waals surface area contributed by atoms with Crippen molar-refractivity contribution in [2.75, 3.05) is 13.2 Å². The van der Waals surface area contributed by atoms with Gasteiger partial charge in [0.15, 0.2) is 5.76 Å². The zero-order valence-corrected chi connectivity index (χ0v) is 11.3. The summed E-state index contributed by atoms with van der Waals surface area (Å²) in [6, 6.07) is 8.27.